The summed E-state index contributed by atoms with van der Waals surface area (Å²) in [5.74, 6) is -1.02. The van der Waals surface area contributed by atoms with Gasteiger partial charge in [0.2, 0.25) is 5.91 Å². The Labute approximate surface area is 145 Å². The average molecular weight is 345 g/mol. The molecule has 0 heterocycles. The van der Waals surface area contributed by atoms with Gasteiger partial charge in [-0.15, -0.1) is 0 Å². The molecule has 132 valence electrons. The summed E-state index contributed by atoms with van der Waals surface area (Å²) in [4.78, 5) is 23.1. The van der Waals surface area contributed by atoms with E-state index in [0.717, 1.165) is 5.56 Å². The third-order valence-corrected chi connectivity index (χ3v) is 3.55. The van der Waals surface area contributed by atoms with Crippen LogP contribution in [0, 0.1) is 5.82 Å². The molecule has 0 saturated heterocycles. The molecule has 2 aromatic rings. The molecule has 5 nitrogen and oxygen atoms in total. The second-order valence-electron chi connectivity index (χ2n) is 5.53. The maximum atomic E-state index is 12.8. The van der Waals surface area contributed by atoms with Crippen LogP contribution >= 0.6 is 0 Å². The minimum atomic E-state index is -0.978. The fourth-order valence-electron chi connectivity index (χ4n) is 2.33. The average Bonchev–Trinajstić information content (AvgIpc) is 2.60. The van der Waals surface area contributed by atoms with Crippen LogP contribution < -0.4 is 10.1 Å². The first kappa shape index (κ1) is 18.4. The van der Waals surface area contributed by atoms with E-state index in [9.17, 15) is 14.0 Å². The van der Waals surface area contributed by atoms with Gasteiger partial charge >= 0.3 is 5.97 Å². The van der Waals surface area contributed by atoms with Crippen LogP contribution in [0.1, 0.15) is 30.9 Å². The molecule has 2 rings (SSSR count). The number of rotatable bonds is 9. The minimum Gasteiger partial charge on any atom is -0.494 e. The molecule has 2 N–H and O–H groups in total. The van der Waals surface area contributed by atoms with Crippen molar-refractivity contribution in [3.8, 4) is 5.75 Å². The van der Waals surface area contributed by atoms with Gasteiger partial charge in [-0.05, 0) is 36.2 Å². The minimum absolute atomic E-state index is 0.179. The Hall–Kier alpha value is -2.89. The number of hydrogen-bond acceptors (Lipinski definition) is 3. The van der Waals surface area contributed by atoms with Crippen molar-refractivity contribution in [2.45, 2.75) is 25.3 Å². The molecule has 25 heavy (non-hydrogen) atoms. The van der Waals surface area contributed by atoms with Gasteiger partial charge in [0.05, 0.1) is 19.1 Å². The third-order valence-electron chi connectivity index (χ3n) is 3.55. The van der Waals surface area contributed by atoms with Gasteiger partial charge in [0.15, 0.2) is 0 Å². The van der Waals surface area contributed by atoms with Crippen molar-refractivity contribution >= 4 is 11.9 Å². The standard InChI is InChI=1S/C19H20FNO4/c20-15-8-10-16(11-9-15)25-12-4-7-18(22)21-17(13-19(23)24)14-5-2-1-3-6-14/h1-3,5-6,8-11,17H,4,7,12-13H2,(H,21,22)(H,23,24). The predicted molar refractivity (Wildman–Crippen MR) is 90.7 cm³/mol. The summed E-state index contributed by atoms with van der Waals surface area (Å²) in [6, 6.07) is 14.1. The van der Waals surface area contributed by atoms with Crippen molar-refractivity contribution in [1.29, 1.82) is 0 Å². The molecule has 0 aliphatic heterocycles. The van der Waals surface area contributed by atoms with Crippen molar-refractivity contribution in [2.75, 3.05) is 6.61 Å². The second-order valence-corrected chi connectivity index (χ2v) is 5.53. The van der Waals surface area contributed by atoms with Crippen molar-refractivity contribution in [3.63, 3.8) is 0 Å². The molecule has 6 heteroatoms. The molecule has 0 radical (unpaired) electrons. The van der Waals surface area contributed by atoms with Crippen LogP contribution in [0.15, 0.2) is 54.6 Å². The number of ether oxygens (including phenoxy) is 1. The summed E-state index contributed by atoms with van der Waals surface area (Å²) in [7, 11) is 0. The van der Waals surface area contributed by atoms with Crippen LogP contribution in [0.2, 0.25) is 0 Å². The number of hydrogen-bond donors (Lipinski definition) is 2. The highest BCUT2D eigenvalue weighted by Crippen LogP contribution is 2.17. The molecular formula is C19H20FNO4. The molecule has 0 spiro atoms. The largest absolute Gasteiger partial charge is 0.494 e. The fraction of sp³-hybridized carbons (Fsp3) is 0.263. The monoisotopic (exact) mass is 345 g/mol. The SMILES string of the molecule is O=C(O)CC(NC(=O)CCCOc1ccc(F)cc1)c1ccccc1. The van der Waals surface area contributed by atoms with Gasteiger partial charge in [-0.3, -0.25) is 9.59 Å². The molecule has 1 amide bonds. The topological polar surface area (TPSA) is 75.6 Å². The van der Waals surface area contributed by atoms with E-state index in [1.54, 1.807) is 24.3 Å². The summed E-state index contributed by atoms with van der Waals surface area (Å²) in [5.41, 5.74) is 0.751. The van der Waals surface area contributed by atoms with E-state index in [-0.39, 0.29) is 24.6 Å². The highest BCUT2D eigenvalue weighted by atomic mass is 19.1. The molecule has 0 saturated carbocycles. The van der Waals surface area contributed by atoms with Crippen LogP contribution in [0.3, 0.4) is 0 Å². The summed E-state index contributed by atoms with van der Waals surface area (Å²) < 4.78 is 18.2. The Bertz CT molecular complexity index is 688. The summed E-state index contributed by atoms with van der Waals surface area (Å²) in [5, 5.41) is 11.8. The zero-order valence-electron chi connectivity index (χ0n) is 13.7. The Kier molecular flexibility index (Phi) is 6.95. The normalized spacial score (nSPS) is 11.6. The van der Waals surface area contributed by atoms with Crippen LogP contribution in [-0.4, -0.2) is 23.6 Å². The van der Waals surface area contributed by atoms with E-state index >= 15 is 0 Å². The highest BCUT2D eigenvalue weighted by Gasteiger charge is 2.17. The number of carboxylic acid groups (broad SMARTS) is 1. The molecule has 1 unspecified atom stereocenters. The Morgan fingerprint density at radius 3 is 2.40 bits per heavy atom. The van der Waals surface area contributed by atoms with Gasteiger partial charge in [0.25, 0.3) is 0 Å². The van der Waals surface area contributed by atoms with E-state index < -0.39 is 12.0 Å². The Morgan fingerprint density at radius 1 is 1.08 bits per heavy atom. The first-order valence-electron chi connectivity index (χ1n) is 7.99. The van der Waals surface area contributed by atoms with Gasteiger partial charge in [-0.25, -0.2) is 4.39 Å². The molecule has 1 atom stereocenters. The lowest BCUT2D eigenvalue weighted by atomic mass is 10.0. The lowest BCUT2D eigenvalue weighted by Gasteiger charge is -2.17. The second kappa shape index (κ2) is 9.42. The van der Waals surface area contributed by atoms with Gasteiger partial charge in [0, 0.05) is 6.42 Å². The van der Waals surface area contributed by atoms with E-state index in [1.807, 2.05) is 6.07 Å². The quantitative estimate of drug-likeness (QED) is 0.684. The Morgan fingerprint density at radius 2 is 1.76 bits per heavy atom. The number of benzene rings is 2. The van der Waals surface area contributed by atoms with E-state index in [1.165, 1.54) is 24.3 Å². The van der Waals surface area contributed by atoms with E-state index in [2.05, 4.69) is 5.32 Å². The van der Waals surface area contributed by atoms with Crippen LogP contribution in [0.5, 0.6) is 5.75 Å². The predicted octanol–water partition coefficient (Wildman–Crippen LogP) is 3.32. The van der Waals surface area contributed by atoms with Crippen LogP contribution in [0.25, 0.3) is 0 Å². The molecule has 0 aliphatic carbocycles. The number of carbonyl (C=O) groups excluding carboxylic acids is 1. The third kappa shape index (κ3) is 6.63. The molecular weight excluding hydrogens is 325 g/mol. The van der Waals surface area contributed by atoms with Gasteiger partial charge in [-0.2, -0.15) is 0 Å². The zero-order chi connectivity index (χ0) is 18.1. The molecule has 0 aliphatic rings. The summed E-state index contributed by atoms with van der Waals surface area (Å²) >= 11 is 0. The molecule has 0 bridgehead atoms. The number of amides is 1. The van der Waals surface area contributed by atoms with Gasteiger partial charge in [0.1, 0.15) is 11.6 Å². The lowest BCUT2D eigenvalue weighted by Crippen LogP contribution is -2.30. The van der Waals surface area contributed by atoms with E-state index in [0.29, 0.717) is 18.8 Å². The first-order chi connectivity index (χ1) is 12.0. The van der Waals surface area contributed by atoms with Crippen molar-refractivity contribution < 1.29 is 23.8 Å². The maximum absolute atomic E-state index is 12.8. The molecule has 0 fully saturated rings. The smallest absolute Gasteiger partial charge is 0.305 e. The fourth-order valence-corrected chi connectivity index (χ4v) is 2.33. The summed E-state index contributed by atoms with van der Waals surface area (Å²) in [6.07, 6.45) is 0.504. The number of halogens is 1. The van der Waals surface area contributed by atoms with Gasteiger partial charge in [-0.1, -0.05) is 30.3 Å². The number of carbonyl (C=O) groups is 2. The van der Waals surface area contributed by atoms with Crippen LogP contribution in [0.4, 0.5) is 4.39 Å². The maximum Gasteiger partial charge on any atom is 0.305 e. The van der Waals surface area contributed by atoms with Crippen molar-refractivity contribution in [1.82, 2.24) is 5.32 Å². The highest BCUT2D eigenvalue weighted by molar-refractivity contribution is 5.77. The lowest BCUT2D eigenvalue weighted by molar-refractivity contribution is -0.137. The molecule has 2 aromatic carbocycles. The number of carboxylic acids is 1. The van der Waals surface area contributed by atoms with Crippen LogP contribution in [-0.2, 0) is 9.59 Å². The Balaban J connectivity index is 1.78. The summed E-state index contributed by atoms with van der Waals surface area (Å²) in [6.45, 7) is 0.313. The number of aliphatic carboxylic acids is 1. The number of nitrogens with one attached hydrogen (secondary N) is 1. The molecule has 0 aromatic heterocycles. The van der Waals surface area contributed by atoms with E-state index in [4.69, 9.17) is 9.84 Å². The van der Waals surface area contributed by atoms with Crippen molar-refractivity contribution in [3.05, 3.63) is 66.0 Å². The first-order valence-corrected chi connectivity index (χ1v) is 7.99. The van der Waals surface area contributed by atoms with Crippen molar-refractivity contribution in [2.24, 2.45) is 0 Å². The zero-order valence-corrected chi connectivity index (χ0v) is 13.7. The van der Waals surface area contributed by atoms with Gasteiger partial charge < -0.3 is 15.2 Å².